The van der Waals surface area contributed by atoms with Crippen LogP contribution in [0.15, 0.2) is 24.4 Å². The van der Waals surface area contributed by atoms with Gasteiger partial charge in [-0.2, -0.15) is 0 Å². The minimum Gasteiger partial charge on any atom is -0.473 e. The van der Waals surface area contributed by atoms with Gasteiger partial charge in [0.25, 0.3) is 0 Å². The zero-order valence-electron chi connectivity index (χ0n) is 7.23. The Hall–Kier alpha value is -1.09. The molecule has 12 heavy (non-hydrogen) atoms. The zero-order valence-corrected chi connectivity index (χ0v) is 7.23. The van der Waals surface area contributed by atoms with E-state index in [9.17, 15) is 0 Å². The van der Waals surface area contributed by atoms with E-state index in [-0.39, 0.29) is 6.10 Å². The molecular formula is C9H14N2O. The van der Waals surface area contributed by atoms with Gasteiger partial charge in [-0.15, -0.1) is 0 Å². The van der Waals surface area contributed by atoms with Gasteiger partial charge in [0.2, 0.25) is 5.88 Å². The third-order valence-corrected chi connectivity index (χ3v) is 1.64. The molecule has 1 heterocycles. The molecule has 1 rings (SSSR count). The fourth-order valence-corrected chi connectivity index (χ4v) is 0.886. The molecule has 0 aliphatic carbocycles. The molecule has 0 amide bonds. The van der Waals surface area contributed by atoms with Crippen molar-refractivity contribution in [1.29, 1.82) is 0 Å². The van der Waals surface area contributed by atoms with Crippen molar-refractivity contribution in [2.45, 2.75) is 19.4 Å². The normalized spacial score (nSPS) is 12.5. The summed E-state index contributed by atoms with van der Waals surface area (Å²) in [5.74, 6) is 0.648. The molecule has 66 valence electrons. The summed E-state index contributed by atoms with van der Waals surface area (Å²) in [5.41, 5.74) is 5.48. The summed E-state index contributed by atoms with van der Waals surface area (Å²) in [7, 11) is 0. The van der Waals surface area contributed by atoms with E-state index in [1.165, 1.54) is 0 Å². The highest BCUT2D eigenvalue weighted by Crippen LogP contribution is 2.07. The molecule has 0 aromatic carbocycles. The first kappa shape index (κ1) is 9.00. The molecule has 1 aromatic heterocycles. The van der Waals surface area contributed by atoms with Gasteiger partial charge in [0, 0.05) is 18.8 Å². The minimum atomic E-state index is 0.0832. The van der Waals surface area contributed by atoms with Crippen LogP contribution in [-0.4, -0.2) is 17.6 Å². The Labute approximate surface area is 72.6 Å². The van der Waals surface area contributed by atoms with Gasteiger partial charge in [0.1, 0.15) is 6.10 Å². The maximum atomic E-state index is 5.48. The fourth-order valence-electron chi connectivity index (χ4n) is 0.886. The van der Waals surface area contributed by atoms with E-state index in [1.807, 2.05) is 25.1 Å². The fraction of sp³-hybridized carbons (Fsp3) is 0.444. The molecule has 1 aromatic rings. The van der Waals surface area contributed by atoms with Crippen LogP contribution in [0, 0.1) is 0 Å². The van der Waals surface area contributed by atoms with Crippen molar-refractivity contribution in [2.24, 2.45) is 5.73 Å². The highest BCUT2D eigenvalue weighted by Gasteiger charge is 2.04. The van der Waals surface area contributed by atoms with E-state index in [4.69, 9.17) is 10.5 Å². The molecule has 0 bridgehead atoms. The lowest BCUT2D eigenvalue weighted by Gasteiger charge is -2.13. The number of rotatable bonds is 4. The van der Waals surface area contributed by atoms with Crippen molar-refractivity contribution >= 4 is 0 Å². The van der Waals surface area contributed by atoms with Crippen molar-refractivity contribution in [3.63, 3.8) is 0 Å². The lowest BCUT2D eigenvalue weighted by molar-refractivity contribution is 0.197. The SMILES string of the molecule is CC[C@H](CN)Oc1ccccn1. The van der Waals surface area contributed by atoms with Crippen molar-refractivity contribution in [3.8, 4) is 5.88 Å². The number of nitrogens with zero attached hydrogens (tertiary/aromatic N) is 1. The van der Waals surface area contributed by atoms with Crippen LogP contribution in [0.2, 0.25) is 0 Å². The Morgan fingerprint density at radius 1 is 1.58 bits per heavy atom. The smallest absolute Gasteiger partial charge is 0.213 e. The van der Waals surface area contributed by atoms with Gasteiger partial charge in [-0.05, 0) is 12.5 Å². The quantitative estimate of drug-likeness (QED) is 0.731. The van der Waals surface area contributed by atoms with Crippen LogP contribution in [-0.2, 0) is 0 Å². The molecule has 0 saturated heterocycles. The monoisotopic (exact) mass is 166 g/mol. The second-order valence-corrected chi connectivity index (χ2v) is 2.55. The summed E-state index contributed by atoms with van der Waals surface area (Å²) in [6, 6.07) is 5.58. The average molecular weight is 166 g/mol. The van der Waals surface area contributed by atoms with Gasteiger partial charge in [0.15, 0.2) is 0 Å². The summed E-state index contributed by atoms with van der Waals surface area (Å²) >= 11 is 0. The van der Waals surface area contributed by atoms with Crippen LogP contribution in [0.4, 0.5) is 0 Å². The molecule has 0 unspecified atom stereocenters. The number of aromatic nitrogens is 1. The van der Waals surface area contributed by atoms with Gasteiger partial charge in [-0.1, -0.05) is 13.0 Å². The molecule has 0 aliphatic rings. The molecule has 3 nitrogen and oxygen atoms in total. The lowest BCUT2D eigenvalue weighted by Crippen LogP contribution is -2.25. The number of ether oxygens (including phenoxy) is 1. The highest BCUT2D eigenvalue weighted by atomic mass is 16.5. The summed E-state index contributed by atoms with van der Waals surface area (Å²) in [6.07, 6.45) is 2.70. The second-order valence-electron chi connectivity index (χ2n) is 2.55. The first-order valence-corrected chi connectivity index (χ1v) is 4.14. The van der Waals surface area contributed by atoms with E-state index >= 15 is 0 Å². The Balaban J connectivity index is 2.51. The lowest BCUT2D eigenvalue weighted by atomic mass is 10.3. The molecule has 0 fully saturated rings. The van der Waals surface area contributed by atoms with Gasteiger partial charge < -0.3 is 10.5 Å². The van der Waals surface area contributed by atoms with Gasteiger partial charge >= 0.3 is 0 Å². The Bertz CT molecular complexity index is 209. The van der Waals surface area contributed by atoms with E-state index in [0.29, 0.717) is 12.4 Å². The van der Waals surface area contributed by atoms with Crippen molar-refractivity contribution in [1.82, 2.24) is 4.98 Å². The van der Waals surface area contributed by atoms with Gasteiger partial charge in [-0.3, -0.25) is 0 Å². The zero-order chi connectivity index (χ0) is 8.81. The number of hydrogen-bond donors (Lipinski definition) is 1. The first-order chi connectivity index (χ1) is 5.86. The van der Waals surface area contributed by atoms with Crippen LogP contribution in [0.25, 0.3) is 0 Å². The molecule has 2 N–H and O–H groups in total. The summed E-state index contributed by atoms with van der Waals surface area (Å²) in [4.78, 5) is 4.04. The Morgan fingerprint density at radius 2 is 2.42 bits per heavy atom. The second kappa shape index (κ2) is 4.72. The molecule has 0 saturated carbocycles. The molecular weight excluding hydrogens is 152 g/mol. The van der Waals surface area contributed by atoms with E-state index < -0.39 is 0 Å². The predicted octanol–water partition coefficient (Wildman–Crippen LogP) is 1.20. The molecule has 0 aliphatic heterocycles. The Morgan fingerprint density at radius 3 is 2.92 bits per heavy atom. The van der Waals surface area contributed by atoms with Crippen LogP contribution < -0.4 is 10.5 Å². The molecule has 0 radical (unpaired) electrons. The van der Waals surface area contributed by atoms with Crippen LogP contribution in [0.1, 0.15) is 13.3 Å². The van der Waals surface area contributed by atoms with Crippen LogP contribution in [0.3, 0.4) is 0 Å². The number of nitrogens with two attached hydrogens (primary N) is 1. The van der Waals surface area contributed by atoms with E-state index in [2.05, 4.69) is 4.98 Å². The summed E-state index contributed by atoms with van der Waals surface area (Å²) in [5, 5.41) is 0. The number of hydrogen-bond acceptors (Lipinski definition) is 3. The van der Waals surface area contributed by atoms with Crippen molar-refractivity contribution in [3.05, 3.63) is 24.4 Å². The Kier molecular flexibility index (Phi) is 3.54. The molecule has 3 heteroatoms. The summed E-state index contributed by atoms with van der Waals surface area (Å²) < 4.78 is 5.48. The predicted molar refractivity (Wildman–Crippen MR) is 48.0 cm³/mol. The van der Waals surface area contributed by atoms with Crippen molar-refractivity contribution in [2.75, 3.05) is 6.54 Å². The van der Waals surface area contributed by atoms with Crippen molar-refractivity contribution < 1.29 is 4.74 Å². The minimum absolute atomic E-state index is 0.0832. The standard InChI is InChI=1S/C9H14N2O/c1-2-8(7-10)12-9-5-3-4-6-11-9/h3-6,8H,2,7,10H2,1H3/t8-/m1/s1. The van der Waals surface area contributed by atoms with Crippen LogP contribution in [0.5, 0.6) is 5.88 Å². The highest BCUT2D eigenvalue weighted by molar-refractivity contribution is 5.09. The molecule has 0 spiro atoms. The molecule has 1 atom stereocenters. The van der Waals surface area contributed by atoms with Gasteiger partial charge in [-0.25, -0.2) is 4.98 Å². The topological polar surface area (TPSA) is 48.1 Å². The van der Waals surface area contributed by atoms with Gasteiger partial charge in [0.05, 0.1) is 0 Å². The summed E-state index contributed by atoms with van der Waals surface area (Å²) in [6.45, 7) is 2.58. The first-order valence-electron chi connectivity index (χ1n) is 4.14. The maximum absolute atomic E-state index is 5.48. The van der Waals surface area contributed by atoms with E-state index in [1.54, 1.807) is 6.20 Å². The van der Waals surface area contributed by atoms with E-state index in [0.717, 1.165) is 6.42 Å². The maximum Gasteiger partial charge on any atom is 0.213 e. The van der Waals surface area contributed by atoms with Crippen LogP contribution >= 0.6 is 0 Å². The third kappa shape index (κ3) is 2.51. The average Bonchev–Trinajstić information content (AvgIpc) is 2.16. The largest absolute Gasteiger partial charge is 0.473 e. The third-order valence-electron chi connectivity index (χ3n) is 1.64. The number of pyridine rings is 1.